The van der Waals surface area contributed by atoms with Gasteiger partial charge in [0.15, 0.2) is 11.5 Å². The van der Waals surface area contributed by atoms with Gasteiger partial charge < -0.3 is 29.0 Å². The summed E-state index contributed by atoms with van der Waals surface area (Å²) in [6, 6.07) is 17.4. The molecule has 226 valence electrons. The number of carboxylic acid groups (broad SMARTS) is 2. The Hall–Kier alpha value is -4.48. The number of imidazole rings is 1. The summed E-state index contributed by atoms with van der Waals surface area (Å²) in [4.78, 5) is 27.1. The van der Waals surface area contributed by atoms with Gasteiger partial charge in [0.05, 0.1) is 29.7 Å². The number of likely N-dealkylation sites (tertiary alicyclic amines) is 1. The Morgan fingerprint density at radius 2 is 1.88 bits per heavy atom. The third-order valence-electron chi connectivity index (χ3n) is 7.95. The van der Waals surface area contributed by atoms with E-state index in [1.165, 1.54) is 12.1 Å². The zero-order valence-corrected chi connectivity index (χ0v) is 24.0. The molecule has 2 aliphatic rings. The number of halogens is 1. The molecule has 10 nitrogen and oxygen atoms in total. The highest BCUT2D eigenvalue weighted by molar-refractivity contribution is 5.92. The van der Waals surface area contributed by atoms with Gasteiger partial charge >= 0.3 is 5.97 Å². The van der Waals surface area contributed by atoms with E-state index in [0.29, 0.717) is 36.9 Å². The van der Waals surface area contributed by atoms with Crippen molar-refractivity contribution < 1.29 is 38.4 Å². The molecule has 0 radical (unpaired) electrons. The summed E-state index contributed by atoms with van der Waals surface area (Å²) >= 11 is 0. The summed E-state index contributed by atoms with van der Waals surface area (Å²) in [6.07, 6.45) is 1.88. The number of benzene rings is 3. The van der Waals surface area contributed by atoms with Crippen molar-refractivity contribution in [2.45, 2.75) is 44.6 Å². The summed E-state index contributed by atoms with van der Waals surface area (Å²) in [7, 11) is 1.65. The van der Waals surface area contributed by atoms with Crippen LogP contribution in [-0.2, 0) is 28.4 Å². The van der Waals surface area contributed by atoms with E-state index in [9.17, 15) is 14.3 Å². The van der Waals surface area contributed by atoms with Crippen LogP contribution in [0.5, 0.6) is 11.5 Å². The number of fused-ring (bicyclic) bond motifs is 2. The Labute approximate surface area is 248 Å². The fourth-order valence-electron chi connectivity index (χ4n) is 5.82. The molecule has 1 atom stereocenters. The topological polar surface area (TPSA) is 123 Å². The minimum absolute atomic E-state index is 0.244. The van der Waals surface area contributed by atoms with Crippen LogP contribution in [0.1, 0.15) is 53.0 Å². The second-order valence-corrected chi connectivity index (χ2v) is 10.7. The van der Waals surface area contributed by atoms with Crippen LogP contribution >= 0.6 is 0 Å². The average molecular weight is 592 g/mol. The fourth-order valence-corrected chi connectivity index (χ4v) is 5.82. The number of hydrogen-bond acceptors (Lipinski definition) is 7. The highest BCUT2D eigenvalue weighted by atomic mass is 19.1. The number of carboxylic acids is 1. The standard InChI is InChI=1S/C31H32FN3O5.CH2O2/c1-31(22-5-3-6-23(32)18-22)39-27-8-4-7-24(29(27)40-31)20-11-13-34(14-12-20)19-28-33-25-10-9-21(30(36)37)17-26(25)35(28)15-16-38-2;2-1-3/h3-10,17-18,20H,11-16,19H2,1-2H3,(H,36,37);1H,(H,2,3). The highest BCUT2D eigenvalue weighted by Gasteiger charge is 2.41. The first-order valence-corrected chi connectivity index (χ1v) is 14.0. The van der Waals surface area contributed by atoms with Crippen molar-refractivity contribution in [3.63, 3.8) is 0 Å². The van der Waals surface area contributed by atoms with Crippen LogP contribution in [0.2, 0.25) is 0 Å². The molecule has 11 heteroatoms. The van der Waals surface area contributed by atoms with Crippen LogP contribution in [-0.4, -0.2) is 63.9 Å². The van der Waals surface area contributed by atoms with Gasteiger partial charge in [-0.15, -0.1) is 0 Å². The van der Waals surface area contributed by atoms with E-state index in [1.54, 1.807) is 31.4 Å². The predicted molar refractivity (Wildman–Crippen MR) is 156 cm³/mol. The van der Waals surface area contributed by atoms with E-state index in [-0.39, 0.29) is 17.9 Å². The molecule has 43 heavy (non-hydrogen) atoms. The predicted octanol–water partition coefficient (Wildman–Crippen LogP) is 5.24. The number of carbonyl (C=O) groups is 2. The van der Waals surface area contributed by atoms with E-state index >= 15 is 0 Å². The highest BCUT2D eigenvalue weighted by Crippen LogP contribution is 2.49. The molecule has 3 aromatic carbocycles. The van der Waals surface area contributed by atoms with Crippen molar-refractivity contribution >= 4 is 23.5 Å². The summed E-state index contributed by atoms with van der Waals surface area (Å²) < 4.78 is 33.9. The number of aromatic carboxylic acids is 1. The first-order chi connectivity index (χ1) is 20.8. The molecule has 4 aromatic rings. The zero-order valence-electron chi connectivity index (χ0n) is 24.0. The van der Waals surface area contributed by atoms with E-state index in [4.69, 9.17) is 29.1 Å². The van der Waals surface area contributed by atoms with Crippen LogP contribution in [0.3, 0.4) is 0 Å². The maximum atomic E-state index is 13.9. The molecular weight excluding hydrogens is 557 g/mol. The number of rotatable bonds is 8. The largest absolute Gasteiger partial charge is 0.483 e. The van der Waals surface area contributed by atoms with E-state index in [1.807, 2.05) is 25.1 Å². The Kier molecular flexibility index (Phi) is 8.93. The van der Waals surface area contributed by atoms with Crippen molar-refractivity contribution in [3.8, 4) is 11.5 Å². The second kappa shape index (κ2) is 12.8. The second-order valence-electron chi connectivity index (χ2n) is 10.7. The number of para-hydroxylation sites is 1. The van der Waals surface area contributed by atoms with Crippen LogP contribution < -0.4 is 9.47 Å². The molecule has 0 spiro atoms. The van der Waals surface area contributed by atoms with Gasteiger partial charge in [-0.25, -0.2) is 14.2 Å². The quantitative estimate of drug-likeness (QED) is 0.265. The van der Waals surface area contributed by atoms with E-state index < -0.39 is 11.8 Å². The third kappa shape index (κ3) is 6.32. The Balaban J connectivity index is 0.00000118. The van der Waals surface area contributed by atoms with Gasteiger partial charge in [0.2, 0.25) is 0 Å². The number of nitrogens with zero attached hydrogens (tertiary/aromatic N) is 3. The molecule has 2 N–H and O–H groups in total. The molecule has 2 aliphatic heterocycles. The lowest BCUT2D eigenvalue weighted by atomic mass is 9.88. The van der Waals surface area contributed by atoms with Gasteiger partial charge in [0, 0.05) is 31.7 Å². The molecule has 0 aliphatic carbocycles. The molecule has 6 rings (SSSR count). The van der Waals surface area contributed by atoms with Crippen molar-refractivity contribution in [2.24, 2.45) is 0 Å². The third-order valence-corrected chi connectivity index (χ3v) is 7.95. The van der Waals surface area contributed by atoms with Gasteiger partial charge in [0.1, 0.15) is 11.6 Å². The molecule has 1 aromatic heterocycles. The molecule has 1 saturated heterocycles. The van der Waals surface area contributed by atoms with Crippen LogP contribution in [0.25, 0.3) is 11.0 Å². The molecule has 3 heterocycles. The number of methoxy groups -OCH3 is 1. The SMILES string of the molecule is COCCn1c(CN2CCC(c3cccc4c3OC(C)(c3cccc(F)c3)O4)CC2)nc2ccc(C(=O)O)cc21.O=CO. The first-order valence-electron chi connectivity index (χ1n) is 14.0. The van der Waals surface area contributed by atoms with Crippen molar-refractivity contribution in [1.82, 2.24) is 14.5 Å². The van der Waals surface area contributed by atoms with Gasteiger partial charge in [-0.3, -0.25) is 9.69 Å². The van der Waals surface area contributed by atoms with Gasteiger partial charge in [-0.05, 0) is 68.2 Å². The van der Waals surface area contributed by atoms with E-state index in [2.05, 4.69) is 15.5 Å². The monoisotopic (exact) mass is 591 g/mol. The van der Waals surface area contributed by atoms with Gasteiger partial charge in [-0.1, -0.05) is 24.3 Å². The Morgan fingerprint density at radius 3 is 2.58 bits per heavy atom. The van der Waals surface area contributed by atoms with Crippen molar-refractivity contribution in [3.05, 3.63) is 89.0 Å². The van der Waals surface area contributed by atoms with Crippen molar-refractivity contribution in [2.75, 3.05) is 26.8 Å². The number of piperidine rings is 1. The smallest absolute Gasteiger partial charge is 0.335 e. The lowest BCUT2D eigenvalue weighted by Crippen LogP contribution is -2.34. The van der Waals surface area contributed by atoms with Crippen molar-refractivity contribution in [1.29, 1.82) is 0 Å². The lowest BCUT2D eigenvalue weighted by molar-refractivity contribution is -0.122. The van der Waals surface area contributed by atoms with Gasteiger partial charge in [-0.2, -0.15) is 0 Å². The Morgan fingerprint density at radius 1 is 1.14 bits per heavy atom. The summed E-state index contributed by atoms with van der Waals surface area (Å²) in [6.45, 7) is 5.10. The molecule has 0 saturated carbocycles. The number of hydrogen-bond donors (Lipinski definition) is 2. The molecule has 0 bridgehead atoms. The molecular formula is C32H34FN3O7. The maximum Gasteiger partial charge on any atom is 0.335 e. The van der Waals surface area contributed by atoms with E-state index in [0.717, 1.165) is 54.1 Å². The maximum absolute atomic E-state index is 13.9. The summed E-state index contributed by atoms with van der Waals surface area (Å²) in [5.41, 5.74) is 3.58. The normalized spacial score (nSPS) is 18.3. The molecule has 0 amide bonds. The van der Waals surface area contributed by atoms with Crippen LogP contribution in [0.15, 0.2) is 60.7 Å². The minimum atomic E-state index is -1.08. The number of ether oxygens (including phenoxy) is 3. The molecule has 1 fully saturated rings. The number of aromatic nitrogens is 2. The first kappa shape index (κ1) is 30.0. The summed E-state index contributed by atoms with van der Waals surface area (Å²) in [5, 5.41) is 16.3. The average Bonchev–Trinajstić information content (AvgIpc) is 3.53. The lowest BCUT2D eigenvalue weighted by Gasteiger charge is -2.32. The van der Waals surface area contributed by atoms with Gasteiger partial charge in [0.25, 0.3) is 12.3 Å². The minimum Gasteiger partial charge on any atom is -0.483 e. The summed E-state index contributed by atoms with van der Waals surface area (Å²) in [5.74, 6) is 0.257. The zero-order chi connectivity index (χ0) is 30.6. The van der Waals surface area contributed by atoms with Crippen LogP contribution in [0, 0.1) is 5.82 Å². The molecule has 1 unspecified atom stereocenters. The Bertz CT molecular complexity index is 1620. The fraction of sp³-hybridized carbons (Fsp3) is 0.344. The van der Waals surface area contributed by atoms with Crippen LogP contribution in [0.4, 0.5) is 4.39 Å².